The molecule has 0 spiro atoms. The van der Waals surface area contributed by atoms with Gasteiger partial charge in [0.15, 0.2) is 0 Å². The second-order valence-electron chi connectivity index (χ2n) is 1.64. The largest absolute Gasteiger partial charge is 0.719 e. The van der Waals surface area contributed by atoms with Crippen molar-refractivity contribution in [1.29, 1.82) is 0 Å². The minimum Gasteiger partial charge on any atom is -0.246 e. The third-order valence-corrected chi connectivity index (χ3v) is 2.47. The van der Waals surface area contributed by atoms with E-state index in [9.17, 15) is 12.3 Å². The fraction of sp³-hybridized carbons (Fsp3) is 1.00. The smallest absolute Gasteiger partial charge is 0.246 e. The Hall–Kier alpha value is -0.0331. The zero-order valence-electron chi connectivity index (χ0n) is 5.50. The number of halogens is 3. The van der Waals surface area contributed by atoms with Gasteiger partial charge in [0.05, 0.1) is 0 Å². The minimum atomic E-state index is -5.45. The maximum absolute atomic E-state index is 11.8. The topological polar surface area (TPSA) is 3.24 Å². The summed E-state index contributed by atoms with van der Waals surface area (Å²) >= 11 is 0. The third kappa shape index (κ3) is 2.86. The van der Waals surface area contributed by atoms with Crippen molar-refractivity contribution in [3.63, 3.8) is 0 Å². The molecule has 56 valence electrons. The van der Waals surface area contributed by atoms with E-state index in [1.165, 1.54) is 13.8 Å². The van der Waals surface area contributed by atoms with E-state index in [1.54, 1.807) is 0 Å². The molecule has 9 heavy (non-hydrogen) atoms. The minimum absolute atomic E-state index is 0.0895. The lowest BCUT2D eigenvalue weighted by molar-refractivity contribution is 0.291. The third-order valence-electron chi connectivity index (χ3n) is 1.12. The molecule has 0 aliphatic heterocycles. The predicted octanol–water partition coefficient (Wildman–Crippen LogP) is 1.67. The number of rotatable bonds is 3. The monoisotopic (exact) mass is 156 g/mol. The molecular weight excluding hydrogens is 146 g/mol. The van der Waals surface area contributed by atoms with Crippen LogP contribution in [0.2, 0.25) is 0 Å². The summed E-state index contributed by atoms with van der Waals surface area (Å²) in [5, 5.41) is 0. The van der Waals surface area contributed by atoms with Crippen LogP contribution in [0.4, 0.5) is 12.3 Å². The number of nitrogens with zero attached hydrogens (tertiary/aromatic N) is 1. The molecule has 0 heterocycles. The van der Waals surface area contributed by atoms with Crippen LogP contribution >= 0.6 is 0 Å². The van der Waals surface area contributed by atoms with Crippen LogP contribution in [0, 0.1) is 0 Å². The van der Waals surface area contributed by atoms with E-state index < -0.39 is 9.24 Å². The highest BCUT2D eigenvalue weighted by atomic mass is 28.5. The van der Waals surface area contributed by atoms with Crippen LogP contribution in [-0.4, -0.2) is 26.9 Å². The average molecular weight is 156 g/mol. The zero-order valence-corrected chi connectivity index (χ0v) is 6.50. The van der Waals surface area contributed by atoms with Gasteiger partial charge in [0, 0.05) is 0 Å². The van der Waals surface area contributed by atoms with Gasteiger partial charge in [-0.05, 0) is 13.1 Å². The molecule has 1 nitrogen and oxygen atoms in total. The van der Waals surface area contributed by atoms with Crippen LogP contribution in [0.3, 0.4) is 0 Å². The van der Waals surface area contributed by atoms with Gasteiger partial charge in [-0.25, -0.2) is 16.9 Å². The van der Waals surface area contributed by atoms with Gasteiger partial charge in [0.2, 0.25) is 0 Å². The van der Waals surface area contributed by atoms with Gasteiger partial charge in [-0.1, -0.05) is 13.8 Å². The normalized spacial score (nSPS) is 12.7. The van der Waals surface area contributed by atoms with E-state index in [0.717, 1.165) is 0 Å². The Bertz CT molecular complexity index is 78.4. The van der Waals surface area contributed by atoms with Crippen molar-refractivity contribution >= 4 is 9.24 Å². The van der Waals surface area contributed by atoms with E-state index >= 15 is 0 Å². The summed E-state index contributed by atoms with van der Waals surface area (Å²) in [5.74, 6) is 0. The first-order chi connectivity index (χ1) is 4.02. The highest BCUT2D eigenvalue weighted by molar-refractivity contribution is 6.55. The van der Waals surface area contributed by atoms with Gasteiger partial charge in [0.25, 0.3) is 0 Å². The molecule has 0 atom stereocenters. The Labute approximate surface area is 54.1 Å². The summed E-state index contributed by atoms with van der Waals surface area (Å²) in [6.45, 7) is 3.21. The van der Waals surface area contributed by atoms with Crippen molar-refractivity contribution in [2.24, 2.45) is 0 Å². The molecule has 0 aromatic rings. The number of hydrogen-bond acceptors (Lipinski definition) is 1. The summed E-state index contributed by atoms with van der Waals surface area (Å²) in [6.07, 6.45) is 0. The molecule has 0 N–H and O–H groups in total. The molecule has 0 radical (unpaired) electrons. The lowest BCUT2D eigenvalue weighted by Gasteiger charge is -2.17. The molecule has 0 saturated carbocycles. The molecule has 0 fully saturated rings. The van der Waals surface area contributed by atoms with Crippen molar-refractivity contribution in [2.45, 2.75) is 13.8 Å². The molecule has 5 heteroatoms. The molecule has 0 unspecified atom stereocenters. The molecule has 0 aliphatic rings. The Morgan fingerprint density at radius 1 is 1.11 bits per heavy atom. The highest BCUT2D eigenvalue weighted by Gasteiger charge is 2.44. The molecule has 0 amide bonds. The standard InChI is InChI=1S/C4H10F3NSi/c1-3-8(4-2)9(5,6)7/h3-4H2,1-2H3/i5-1. The van der Waals surface area contributed by atoms with Crippen molar-refractivity contribution in [2.75, 3.05) is 13.1 Å². The summed E-state index contributed by atoms with van der Waals surface area (Å²) in [4.78, 5) is 0. The van der Waals surface area contributed by atoms with E-state index in [0.29, 0.717) is 4.57 Å². The summed E-state index contributed by atoms with van der Waals surface area (Å²) in [7, 11) is -5.45. The lowest BCUT2D eigenvalue weighted by atomic mass is 10.7. The van der Waals surface area contributed by atoms with Gasteiger partial charge in [-0.2, -0.15) is 0 Å². The second-order valence-corrected chi connectivity index (χ2v) is 3.21. The summed E-state index contributed by atoms with van der Waals surface area (Å²) in [5.41, 5.74) is 0. The first-order valence-electron chi connectivity index (χ1n) is 2.84. The van der Waals surface area contributed by atoms with Gasteiger partial charge in [0.1, 0.15) is 0 Å². The van der Waals surface area contributed by atoms with Gasteiger partial charge < -0.3 is 0 Å². The van der Waals surface area contributed by atoms with Crippen molar-refractivity contribution in [3.05, 3.63) is 0 Å². The van der Waals surface area contributed by atoms with Crippen LogP contribution in [-0.2, 0) is 0 Å². The Morgan fingerprint density at radius 3 is 1.44 bits per heavy atom. The maximum Gasteiger partial charge on any atom is 0.719 e. The number of hydrogen-bond donors (Lipinski definition) is 0. The molecular formula is C4H10F3NSi. The molecule has 0 aromatic heterocycles. The molecule has 0 saturated heterocycles. The fourth-order valence-corrected chi connectivity index (χ4v) is 1.30. The Morgan fingerprint density at radius 2 is 1.44 bits per heavy atom. The van der Waals surface area contributed by atoms with E-state index in [-0.39, 0.29) is 13.1 Å². The zero-order chi connectivity index (χ0) is 7.49. The van der Waals surface area contributed by atoms with Crippen LogP contribution < -0.4 is 0 Å². The molecule has 0 rings (SSSR count). The van der Waals surface area contributed by atoms with Crippen molar-refractivity contribution in [3.8, 4) is 0 Å². The van der Waals surface area contributed by atoms with Gasteiger partial charge in [-0.15, -0.1) is 0 Å². The Balaban J connectivity index is 3.79. The maximum atomic E-state index is 11.8. The predicted molar refractivity (Wildman–Crippen MR) is 32.0 cm³/mol. The van der Waals surface area contributed by atoms with E-state index in [4.69, 9.17) is 0 Å². The molecule has 0 aromatic carbocycles. The fourth-order valence-electron chi connectivity index (χ4n) is 0.582. The summed E-state index contributed by atoms with van der Waals surface area (Å²) < 4.78 is 35.9. The van der Waals surface area contributed by atoms with Crippen molar-refractivity contribution < 1.29 is 12.3 Å². The van der Waals surface area contributed by atoms with Crippen LogP contribution in [0.1, 0.15) is 13.8 Å². The van der Waals surface area contributed by atoms with E-state index in [2.05, 4.69) is 0 Å². The summed E-state index contributed by atoms with van der Waals surface area (Å²) in [6, 6.07) is 0. The average Bonchev–Trinajstić information content (AvgIpc) is 1.65. The van der Waals surface area contributed by atoms with Gasteiger partial charge in [-0.3, -0.25) is 0 Å². The molecule has 0 aliphatic carbocycles. The van der Waals surface area contributed by atoms with Gasteiger partial charge >= 0.3 is 9.24 Å². The quantitative estimate of drug-likeness (QED) is 0.444. The van der Waals surface area contributed by atoms with Crippen LogP contribution in [0.15, 0.2) is 0 Å². The second kappa shape index (κ2) is 3.22. The highest BCUT2D eigenvalue weighted by Crippen LogP contribution is 2.13. The first-order valence-corrected chi connectivity index (χ1v) is 4.42. The lowest BCUT2D eigenvalue weighted by Crippen LogP contribution is -2.42. The molecule has 0 bridgehead atoms. The van der Waals surface area contributed by atoms with Crippen molar-refractivity contribution in [1.82, 2.24) is 4.57 Å². The SMILES string of the molecule is CCN(CC)[Si](F)(F)[18F]. The van der Waals surface area contributed by atoms with E-state index in [1.807, 2.05) is 0 Å². The van der Waals surface area contributed by atoms with Crippen LogP contribution in [0.5, 0.6) is 0 Å². The van der Waals surface area contributed by atoms with Crippen LogP contribution in [0.25, 0.3) is 0 Å². The Kier molecular flexibility index (Phi) is 3.20. The first kappa shape index (κ1) is 8.97.